The number of benzene rings is 1. The lowest BCUT2D eigenvalue weighted by Gasteiger charge is -2.16. The molecule has 0 spiro atoms. The molecule has 1 fully saturated rings. The van der Waals surface area contributed by atoms with Crippen LogP contribution in [0.5, 0.6) is 0 Å². The zero-order chi connectivity index (χ0) is 12.7. The van der Waals surface area contributed by atoms with Crippen molar-refractivity contribution in [2.24, 2.45) is 0 Å². The Bertz CT molecular complexity index is 570. The molecular formula is C15H21N3. The molecule has 2 unspecified atom stereocenters. The van der Waals surface area contributed by atoms with E-state index in [-0.39, 0.29) is 0 Å². The fourth-order valence-electron chi connectivity index (χ4n) is 3.09. The van der Waals surface area contributed by atoms with E-state index < -0.39 is 0 Å². The van der Waals surface area contributed by atoms with Gasteiger partial charge in [-0.1, -0.05) is 6.07 Å². The van der Waals surface area contributed by atoms with Gasteiger partial charge >= 0.3 is 0 Å². The number of hydrogen-bond donors (Lipinski definition) is 1. The van der Waals surface area contributed by atoms with E-state index in [1.807, 2.05) is 0 Å². The third-order valence-corrected chi connectivity index (χ3v) is 4.11. The maximum atomic E-state index is 4.90. The van der Waals surface area contributed by atoms with Crippen LogP contribution in [0.4, 0.5) is 0 Å². The van der Waals surface area contributed by atoms with Crippen LogP contribution in [-0.2, 0) is 6.54 Å². The van der Waals surface area contributed by atoms with Crippen LogP contribution in [0.3, 0.4) is 0 Å². The summed E-state index contributed by atoms with van der Waals surface area (Å²) in [5, 5.41) is 3.52. The van der Waals surface area contributed by atoms with Crippen molar-refractivity contribution >= 4 is 11.0 Å². The first-order chi connectivity index (χ1) is 8.70. The summed E-state index contributed by atoms with van der Waals surface area (Å²) in [6.45, 7) is 8.71. The number of hydrogen-bond acceptors (Lipinski definition) is 2. The van der Waals surface area contributed by atoms with E-state index in [0.29, 0.717) is 12.0 Å². The van der Waals surface area contributed by atoms with Crippen molar-refractivity contribution in [2.45, 2.75) is 45.7 Å². The monoisotopic (exact) mass is 243 g/mol. The van der Waals surface area contributed by atoms with E-state index in [9.17, 15) is 0 Å². The summed E-state index contributed by atoms with van der Waals surface area (Å²) in [6, 6.07) is 7.11. The van der Waals surface area contributed by atoms with Crippen LogP contribution < -0.4 is 5.32 Å². The second-order valence-electron chi connectivity index (χ2n) is 5.34. The lowest BCUT2D eigenvalue weighted by atomic mass is 10.0. The largest absolute Gasteiger partial charge is 0.328 e. The van der Waals surface area contributed by atoms with E-state index in [2.05, 4.69) is 48.9 Å². The minimum Gasteiger partial charge on any atom is -0.328 e. The average Bonchev–Trinajstić information content (AvgIpc) is 2.91. The molecule has 0 radical (unpaired) electrons. The number of nitrogens with one attached hydrogen (secondary N) is 1. The molecule has 96 valence electrons. The van der Waals surface area contributed by atoms with Crippen molar-refractivity contribution in [3.63, 3.8) is 0 Å². The van der Waals surface area contributed by atoms with Crippen molar-refractivity contribution in [2.75, 3.05) is 6.54 Å². The first kappa shape index (κ1) is 11.7. The topological polar surface area (TPSA) is 29.9 Å². The maximum Gasteiger partial charge on any atom is 0.114 e. The molecule has 3 nitrogen and oxygen atoms in total. The third kappa shape index (κ3) is 1.74. The Kier molecular flexibility index (Phi) is 2.86. The van der Waals surface area contributed by atoms with Gasteiger partial charge in [0.25, 0.3) is 0 Å². The second kappa shape index (κ2) is 4.39. The van der Waals surface area contributed by atoms with Gasteiger partial charge in [-0.2, -0.15) is 0 Å². The summed E-state index contributed by atoms with van der Waals surface area (Å²) in [5.74, 6) is 1.81. The standard InChI is InChI=1S/C15H21N3/c1-4-18-14-6-5-10(2)9-13(14)17-15(18)12-7-8-16-11(12)3/h5-6,9,11-12,16H,4,7-8H2,1-3H3. The van der Waals surface area contributed by atoms with Crippen molar-refractivity contribution in [3.8, 4) is 0 Å². The fourth-order valence-corrected chi connectivity index (χ4v) is 3.09. The molecule has 0 aliphatic carbocycles. The van der Waals surface area contributed by atoms with E-state index in [4.69, 9.17) is 4.98 Å². The van der Waals surface area contributed by atoms with Crippen LogP contribution >= 0.6 is 0 Å². The quantitative estimate of drug-likeness (QED) is 0.879. The molecule has 1 aromatic carbocycles. The van der Waals surface area contributed by atoms with Crippen molar-refractivity contribution in [3.05, 3.63) is 29.6 Å². The van der Waals surface area contributed by atoms with Gasteiger partial charge < -0.3 is 9.88 Å². The Morgan fingerprint density at radius 1 is 1.44 bits per heavy atom. The first-order valence-corrected chi connectivity index (χ1v) is 6.91. The lowest BCUT2D eigenvalue weighted by molar-refractivity contribution is 0.542. The fraction of sp³-hybridized carbons (Fsp3) is 0.533. The summed E-state index contributed by atoms with van der Waals surface area (Å²) < 4.78 is 2.38. The predicted molar refractivity (Wildman–Crippen MR) is 75.0 cm³/mol. The van der Waals surface area contributed by atoms with Gasteiger partial charge in [0, 0.05) is 18.5 Å². The van der Waals surface area contributed by atoms with Crippen molar-refractivity contribution in [1.82, 2.24) is 14.9 Å². The van der Waals surface area contributed by atoms with Crippen LogP contribution in [0.15, 0.2) is 18.2 Å². The second-order valence-corrected chi connectivity index (χ2v) is 5.34. The molecule has 1 aliphatic rings. The van der Waals surface area contributed by atoms with E-state index in [1.54, 1.807) is 0 Å². The normalized spacial score (nSPS) is 23.9. The molecule has 2 atom stereocenters. The summed E-state index contributed by atoms with van der Waals surface area (Å²) in [5.41, 5.74) is 3.70. The van der Waals surface area contributed by atoms with Crippen LogP contribution in [0, 0.1) is 6.92 Å². The molecule has 18 heavy (non-hydrogen) atoms. The lowest BCUT2D eigenvalue weighted by Crippen LogP contribution is -2.23. The summed E-state index contributed by atoms with van der Waals surface area (Å²) in [6.07, 6.45) is 1.20. The Morgan fingerprint density at radius 3 is 2.94 bits per heavy atom. The molecule has 1 N–H and O–H groups in total. The molecule has 3 rings (SSSR count). The molecule has 1 saturated heterocycles. The number of imidazole rings is 1. The molecule has 3 heteroatoms. The van der Waals surface area contributed by atoms with Gasteiger partial charge in [0.15, 0.2) is 0 Å². The van der Waals surface area contributed by atoms with Crippen LogP contribution in [-0.4, -0.2) is 22.1 Å². The molecule has 0 bridgehead atoms. The highest BCUT2D eigenvalue weighted by atomic mass is 15.1. The zero-order valence-electron chi connectivity index (χ0n) is 11.4. The SMILES string of the molecule is CCn1c(C2CCNC2C)nc2cc(C)ccc21. The van der Waals surface area contributed by atoms with Crippen LogP contribution in [0.2, 0.25) is 0 Å². The molecule has 1 aliphatic heterocycles. The Morgan fingerprint density at radius 2 is 2.28 bits per heavy atom. The summed E-state index contributed by atoms with van der Waals surface area (Å²) in [7, 11) is 0. The molecule has 0 saturated carbocycles. The molecule has 2 heterocycles. The van der Waals surface area contributed by atoms with Gasteiger partial charge in [-0.05, 0) is 51.4 Å². The van der Waals surface area contributed by atoms with Crippen LogP contribution in [0.1, 0.15) is 37.6 Å². The Hall–Kier alpha value is -1.35. The predicted octanol–water partition coefficient (Wildman–Crippen LogP) is 2.83. The van der Waals surface area contributed by atoms with Gasteiger partial charge in [-0.25, -0.2) is 4.98 Å². The van der Waals surface area contributed by atoms with Gasteiger partial charge in [-0.15, -0.1) is 0 Å². The maximum absolute atomic E-state index is 4.90. The number of rotatable bonds is 2. The van der Waals surface area contributed by atoms with E-state index >= 15 is 0 Å². The molecule has 2 aromatic rings. The van der Waals surface area contributed by atoms with Crippen molar-refractivity contribution < 1.29 is 0 Å². The number of nitrogens with zero attached hydrogens (tertiary/aromatic N) is 2. The first-order valence-electron chi connectivity index (χ1n) is 6.91. The Labute approximate surface area is 108 Å². The highest BCUT2D eigenvalue weighted by Crippen LogP contribution is 2.30. The molecule has 0 amide bonds. The highest BCUT2D eigenvalue weighted by molar-refractivity contribution is 5.77. The smallest absolute Gasteiger partial charge is 0.114 e. The van der Waals surface area contributed by atoms with Gasteiger partial charge in [0.05, 0.1) is 11.0 Å². The van der Waals surface area contributed by atoms with Crippen LogP contribution in [0.25, 0.3) is 11.0 Å². The van der Waals surface area contributed by atoms with Gasteiger partial charge in [-0.3, -0.25) is 0 Å². The third-order valence-electron chi connectivity index (χ3n) is 4.11. The Balaban J connectivity index is 2.16. The number of aryl methyl sites for hydroxylation is 2. The zero-order valence-corrected chi connectivity index (χ0v) is 11.4. The molecule has 1 aromatic heterocycles. The van der Waals surface area contributed by atoms with Gasteiger partial charge in [0.2, 0.25) is 0 Å². The average molecular weight is 243 g/mol. The minimum atomic E-state index is 0.535. The van der Waals surface area contributed by atoms with E-state index in [1.165, 1.54) is 23.3 Å². The van der Waals surface area contributed by atoms with Crippen molar-refractivity contribution in [1.29, 1.82) is 0 Å². The minimum absolute atomic E-state index is 0.535. The number of aromatic nitrogens is 2. The van der Waals surface area contributed by atoms with E-state index in [0.717, 1.165) is 18.6 Å². The van der Waals surface area contributed by atoms with Gasteiger partial charge in [0.1, 0.15) is 5.82 Å². The highest BCUT2D eigenvalue weighted by Gasteiger charge is 2.28. The molecular weight excluding hydrogens is 222 g/mol. The summed E-state index contributed by atoms with van der Waals surface area (Å²) in [4.78, 5) is 4.90. The number of fused-ring (bicyclic) bond motifs is 1. The summed E-state index contributed by atoms with van der Waals surface area (Å²) >= 11 is 0.